The van der Waals surface area contributed by atoms with Crippen molar-refractivity contribution in [2.24, 2.45) is 0 Å². The van der Waals surface area contributed by atoms with Crippen molar-refractivity contribution in [3.63, 3.8) is 0 Å². The number of amides is 2. The van der Waals surface area contributed by atoms with Gasteiger partial charge in [0.15, 0.2) is 0 Å². The van der Waals surface area contributed by atoms with Gasteiger partial charge in [-0.25, -0.2) is 0 Å². The first-order valence-corrected chi connectivity index (χ1v) is 13.0. The number of rotatable bonds is 6. The highest BCUT2D eigenvalue weighted by atomic mass is 79.9. The first kappa shape index (κ1) is 22.0. The average Bonchev–Trinajstić information content (AvgIpc) is 3.17. The number of nitrogens with zero attached hydrogens (tertiary/aromatic N) is 2. The van der Waals surface area contributed by atoms with E-state index in [-0.39, 0.29) is 17.9 Å². The maximum Gasteiger partial charge on any atom is 0.267 e. The summed E-state index contributed by atoms with van der Waals surface area (Å²) in [6.07, 6.45) is 9.87. The van der Waals surface area contributed by atoms with E-state index in [0.29, 0.717) is 21.3 Å². The SMILES string of the molecule is CCCCCCN1C(=O)/C(=C2\SC(=S)N(C3CCCCC3)C2=O)c2cc(Br)ccc21. The van der Waals surface area contributed by atoms with Crippen molar-refractivity contribution in [1.82, 2.24) is 4.90 Å². The Labute approximate surface area is 196 Å². The van der Waals surface area contributed by atoms with E-state index in [9.17, 15) is 9.59 Å². The zero-order chi connectivity index (χ0) is 21.3. The van der Waals surface area contributed by atoms with E-state index >= 15 is 0 Å². The molecule has 0 bridgehead atoms. The van der Waals surface area contributed by atoms with Crippen LogP contribution >= 0.6 is 39.9 Å². The Bertz CT molecular complexity index is 908. The molecule has 2 aliphatic heterocycles. The summed E-state index contributed by atoms with van der Waals surface area (Å²) >= 11 is 10.4. The van der Waals surface area contributed by atoms with Gasteiger partial charge in [-0.3, -0.25) is 14.5 Å². The van der Waals surface area contributed by atoms with E-state index in [1.54, 1.807) is 4.90 Å². The molecular weight excluding hydrogens is 480 g/mol. The third-order valence-electron chi connectivity index (χ3n) is 6.18. The minimum absolute atomic E-state index is 0.0660. The van der Waals surface area contributed by atoms with Crippen LogP contribution in [0.2, 0.25) is 0 Å². The Morgan fingerprint density at radius 2 is 1.87 bits per heavy atom. The smallest absolute Gasteiger partial charge is 0.267 e. The zero-order valence-corrected chi connectivity index (χ0v) is 20.5. The van der Waals surface area contributed by atoms with E-state index in [0.717, 1.165) is 60.7 Å². The fraction of sp³-hybridized carbons (Fsp3) is 0.522. The highest BCUT2D eigenvalue weighted by Crippen LogP contribution is 2.46. The van der Waals surface area contributed by atoms with Gasteiger partial charge in [0.05, 0.1) is 16.2 Å². The van der Waals surface area contributed by atoms with Crippen molar-refractivity contribution in [2.45, 2.75) is 70.8 Å². The highest BCUT2D eigenvalue weighted by molar-refractivity contribution is 9.10. The van der Waals surface area contributed by atoms with Crippen molar-refractivity contribution in [3.8, 4) is 0 Å². The second-order valence-corrected chi connectivity index (χ2v) is 10.8. The lowest BCUT2D eigenvalue weighted by molar-refractivity contribution is -0.124. The first-order valence-electron chi connectivity index (χ1n) is 10.9. The van der Waals surface area contributed by atoms with Gasteiger partial charge < -0.3 is 4.90 Å². The molecule has 1 saturated heterocycles. The molecular formula is C23H27BrN2O2S2. The molecule has 2 fully saturated rings. The summed E-state index contributed by atoms with van der Waals surface area (Å²) in [6, 6.07) is 6.07. The van der Waals surface area contributed by atoms with Crippen LogP contribution < -0.4 is 4.90 Å². The fourth-order valence-corrected chi connectivity index (χ4v) is 6.46. The number of unbranched alkanes of at least 4 members (excludes halogenated alkanes) is 3. The Balaban J connectivity index is 1.68. The molecule has 3 aliphatic rings. The van der Waals surface area contributed by atoms with Crippen molar-refractivity contribution in [2.75, 3.05) is 11.4 Å². The summed E-state index contributed by atoms with van der Waals surface area (Å²) < 4.78 is 1.50. The first-order chi connectivity index (χ1) is 14.5. The molecule has 1 saturated carbocycles. The van der Waals surface area contributed by atoms with Gasteiger partial charge in [0, 0.05) is 22.6 Å². The predicted octanol–water partition coefficient (Wildman–Crippen LogP) is 6.28. The third-order valence-corrected chi connectivity index (χ3v) is 8.07. The quantitative estimate of drug-likeness (QED) is 0.258. The Morgan fingerprint density at radius 3 is 2.60 bits per heavy atom. The van der Waals surface area contributed by atoms with Crippen LogP contribution in [0.4, 0.5) is 5.69 Å². The third kappa shape index (κ3) is 4.13. The van der Waals surface area contributed by atoms with Crippen LogP contribution in [-0.2, 0) is 9.59 Å². The van der Waals surface area contributed by atoms with Gasteiger partial charge in [0.1, 0.15) is 4.32 Å². The number of hydrogen-bond donors (Lipinski definition) is 0. The lowest BCUT2D eigenvalue weighted by Crippen LogP contribution is -2.40. The maximum absolute atomic E-state index is 13.5. The second-order valence-electron chi connectivity index (χ2n) is 8.22. The molecule has 30 heavy (non-hydrogen) atoms. The van der Waals surface area contributed by atoms with Crippen LogP contribution in [0.1, 0.15) is 70.3 Å². The van der Waals surface area contributed by atoms with Crippen molar-refractivity contribution in [1.29, 1.82) is 0 Å². The highest BCUT2D eigenvalue weighted by Gasteiger charge is 2.44. The average molecular weight is 508 g/mol. The number of fused-ring (bicyclic) bond motifs is 1. The summed E-state index contributed by atoms with van der Waals surface area (Å²) in [7, 11) is 0. The Kier molecular flexibility index (Phi) is 7.00. The Hall–Kier alpha value is -1.18. The second kappa shape index (κ2) is 9.53. The summed E-state index contributed by atoms with van der Waals surface area (Å²) in [6.45, 7) is 2.86. The molecule has 4 rings (SSSR count). The molecule has 0 N–H and O–H groups in total. The van der Waals surface area contributed by atoms with Crippen molar-refractivity contribution < 1.29 is 9.59 Å². The summed E-state index contributed by atoms with van der Waals surface area (Å²) in [4.78, 5) is 31.1. The lowest BCUT2D eigenvalue weighted by atomic mass is 9.94. The number of halogens is 1. The molecule has 0 atom stereocenters. The van der Waals surface area contributed by atoms with Gasteiger partial charge in [-0.2, -0.15) is 0 Å². The molecule has 2 amide bonds. The lowest BCUT2D eigenvalue weighted by Gasteiger charge is -2.29. The molecule has 1 aliphatic carbocycles. The maximum atomic E-state index is 13.5. The van der Waals surface area contributed by atoms with Crippen molar-refractivity contribution in [3.05, 3.63) is 33.1 Å². The number of anilines is 1. The van der Waals surface area contributed by atoms with Gasteiger partial charge in [-0.1, -0.05) is 85.4 Å². The molecule has 4 nitrogen and oxygen atoms in total. The normalized spacial score (nSPS) is 22.4. The van der Waals surface area contributed by atoms with Gasteiger partial charge in [-0.15, -0.1) is 0 Å². The van der Waals surface area contributed by atoms with E-state index in [4.69, 9.17) is 12.2 Å². The van der Waals surface area contributed by atoms with Gasteiger partial charge >= 0.3 is 0 Å². The van der Waals surface area contributed by atoms with E-state index < -0.39 is 0 Å². The molecule has 160 valence electrons. The van der Waals surface area contributed by atoms with Crippen molar-refractivity contribution >= 4 is 67.3 Å². The van der Waals surface area contributed by atoms with Crippen LogP contribution in [0.25, 0.3) is 5.57 Å². The number of thiocarbonyl (C=S) groups is 1. The van der Waals surface area contributed by atoms with Gasteiger partial charge in [0.25, 0.3) is 11.8 Å². The monoisotopic (exact) mass is 506 g/mol. The van der Waals surface area contributed by atoms with Gasteiger partial charge in [0.2, 0.25) is 0 Å². The van der Waals surface area contributed by atoms with E-state index in [1.807, 2.05) is 23.1 Å². The number of carbonyl (C=O) groups excluding carboxylic acids is 2. The molecule has 1 aromatic carbocycles. The minimum atomic E-state index is -0.0843. The standard InChI is InChI=1S/C23H27BrN2O2S2/c1-2-3-4-8-13-25-18-12-11-15(24)14-17(18)19(21(25)27)20-22(28)26(23(29)30-20)16-9-6-5-7-10-16/h11-12,14,16H,2-10,13H2,1H3/b20-19-. The molecule has 0 radical (unpaired) electrons. The van der Waals surface area contributed by atoms with Crippen LogP contribution in [0.15, 0.2) is 27.6 Å². The van der Waals surface area contributed by atoms with E-state index in [1.165, 1.54) is 24.6 Å². The summed E-state index contributed by atoms with van der Waals surface area (Å²) in [5.41, 5.74) is 2.27. The minimum Gasteiger partial charge on any atom is -0.308 e. The fourth-order valence-electron chi connectivity index (χ4n) is 4.63. The van der Waals surface area contributed by atoms with Crippen LogP contribution in [0, 0.1) is 0 Å². The molecule has 0 unspecified atom stereocenters. The number of carbonyl (C=O) groups is 2. The largest absolute Gasteiger partial charge is 0.308 e. The number of thioether (sulfide) groups is 1. The molecule has 0 aromatic heterocycles. The molecule has 1 aromatic rings. The molecule has 0 spiro atoms. The Morgan fingerprint density at radius 1 is 1.10 bits per heavy atom. The molecule has 2 heterocycles. The van der Waals surface area contributed by atoms with Crippen LogP contribution in [-0.4, -0.2) is 33.6 Å². The van der Waals surface area contributed by atoms with Gasteiger partial charge in [-0.05, 0) is 37.5 Å². The number of benzene rings is 1. The van der Waals surface area contributed by atoms with Crippen LogP contribution in [0.5, 0.6) is 0 Å². The zero-order valence-electron chi connectivity index (χ0n) is 17.3. The van der Waals surface area contributed by atoms with Crippen LogP contribution in [0.3, 0.4) is 0 Å². The predicted molar refractivity (Wildman–Crippen MR) is 131 cm³/mol. The topological polar surface area (TPSA) is 40.6 Å². The van der Waals surface area contributed by atoms with E-state index in [2.05, 4.69) is 22.9 Å². The summed E-state index contributed by atoms with van der Waals surface area (Å²) in [5, 5.41) is 0. The molecule has 7 heteroatoms. The number of hydrogen-bond acceptors (Lipinski definition) is 4. The summed E-state index contributed by atoms with van der Waals surface area (Å²) in [5.74, 6) is -0.150.